The van der Waals surface area contributed by atoms with Gasteiger partial charge in [0.25, 0.3) is 0 Å². The van der Waals surface area contributed by atoms with Gasteiger partial charge in [-0.1, -0.05) is 0 Å². The molecule has 2 heterocycles. The minimum absolute atomic E-state index is 0.176. The van der Waals surface area contributed by atoms with E-state index >= 15 is 0 Å². The standard InChI is InChI=1S/C28H27N5O2/c1-19-13-22(5-3-11-29)14-20(2)28(19)35-25-15-26(31-18-24-6-4-12-34-24)33-27(16-25)32-23-9-7-21(17-30)8-10-23/h3,5,7-10,13-16,24H,4,6,12,18H2,1-2H3,(H2,31,32,33)/b5-3+. The summed E-state index contributed by atoms with van der Waals surface area (Å²) in [5, 5.41) is 24.5. The second kappa shape index (κ2) is 11.2. The number of allylic oxidation sites excluding steroid dienone is 1. The van der Waals surface area contributed by atoms with Gasteiger partial charge in [-0.2, -0.15) is 10.5 Å². The Balaban J connectivity index is 1.61. The van der Waals surface area contributed by atoms with E-state index in [4.69, 9.17) is 25.0 Å². The molecule has 7 nitrogen and oxygen atoms in total. The number of benzene rings is 2. The van der Waals surface area contributed by atoms with E-state index in [1.54, 1.807) is 18.2 Å². The summed E-state index contributed by atoms with van der Waals surface area (Å²) in [5.41, 5.74) is 4.30. The number of nitrogens with zero attached hydrogens (tertiary/aromatic N) is 3. The molecule has 0 spiro atoms. The smallest absolute Gasteiger partial charge is 0.136 e. The van der Waals surface area contributed by atoms with Gasteiger partial charge in [-0.25, -0.2) is 4.98 Å². The quantitative estimate of drug-likeness (QED) is 0.380. The molecular formula is C28H27N5O2. The zero-order valence-electron chi connectivity index (χ0n) is 19.8. The summed E-state index contributed by atoms with van der Waals surface area (Å²) in [6.07, 6.45) is 5.53. The molecule has 0 radical (unpaired) electrons. The summed E-state index contributed by atoms with van der Waals surface area (Å²) in [6, 6.07) is 19.1. The number of hydrogen-bond donors (Lipinski definition) is 2. The number of aromatic nitrogens is 1. The van der Waals surface area contributed by atoms with Gasteiger partial charge in [0.1, 0.15) is 23.1 Å². The van der Waals surface area contributed by atoms with Crippen LogP contribution in [-0.4, -0.2) is 24.2 Å². The van der Waals surface area contributed by atoms with Crippen LogP contribution in [-0.2, 0) is 4.74 Å². The van der Waals surface area contributed by atoms with Crippen molar-refractivity contribution in [1.29, 1.82) is 10.5 Å². The first kappa shape index (κ1) is 23.8. The molecule has 1 atom stereocenters. The van der Waals surface area contributed by atoms with E-state index < -0.39 is 0 Å². The Kier molecular flexibility index (Phi) is 7.62. The highest BCUT2D eigenvalue weighted by Gasteiger charge is 2.16. The van der Waals surface area contributed by atoms with Crippen molar-refractivity contribution >= 4 is 23.4 Å². The molecule has 2 aromatic carbocycles. The summed E-state index contributed by atoms with van der Waals surface area (Å²) in [6.45, 7) is 5.44. The average Bonchev–Trinajstić information content (AvgIpc) is 3.38. The number of rotatable bonds is 8. The van der Waals surface area contributed by atoms with Gasteiger partial charge in [0.2, 0.25) is 0 Å². The van der Waals surface area contributed by atoms with Crippen LogP contribution in [0.2, 0.25) is 0 Å². The van der Waals surface area contributed by atoms with Crippen LogP contribution < -0.4 is 15.4 Å². The largest absolute Gasteiger partial charge is 0.457 e. The van der Waals surface area contributed by atoms with Gasteiger partial charge in [-0.05, 0) is 85.9 Å². The van der Waals surface area contributed by atoms with Crippen LogP contribution in [0.3, 0.4) is 0 Å². The molecule has 1 saturated heterocycles. The molecule has 7 heteroatoms. The van der Waals surface area contributed by atoms with Gasteiger partial charge < -0.3 is 20.1 Å². The summed E-state index contributed by atoms with van der Waals surface area (Å²) in [5.74, 6) is 2.70. The monoisotopic (exact) mass is 465 g/mol. The van der Waals surface area contributed by atoms with Crippen LogP contribution in [0.5, 0.6) is 11.5 Å². The number of pyridine rings is 1. The first-order valence-electron chi connectivity index (χ1n) is 11.5. The summed E-state index contributed by atoms with van der Waals surface area (Å²) < 4.78 is 12.1. The van der Waals surface area contributed by atoms with Crippen molar-refractivity contribution in [3.8, 4) is 23.6 Å². The van der Waals surface area contributed by atoms with Gasteiger partial charge in [0.05, 0.1) is 23.8 Å². The third kappa shape index (κ3) is 6.38. The number of aryl methyl sites for hydroxylation is 2. The Labute approximate surface area is 205 Å². The maximum absolute atomic E-state index is 9.05. The number of nitriles is 2. The zero-order chi connectivity index (χ0) is 24.6. The lowest BCUT2D eigenvalue weighted by Crippen LogP contribution is -2.19. The third-order valence-corrected chi connectivity index (χ3v) is 5.67. The zero-order valence-corrected chi connectivity index (χ0v) is 19.8. The fourth-order valence-electron chi connectivity index (χ4n) is 4.01. The molecular weight excluding hydrogens is 438 g/mol. The molecule has 1 aliphatic heterocycles. The maximum Gasteiger partial charge on any atom is 0.136 e. The lowest BCUT2D eigenvalue weighted by Gasteiger charge is -2.17. The molecule has 2 N–H and O–H groups in total. The Hall–Kier alpha value is -4.33. The highest BCUT2D eigenvalue weighted by molar-refractivity contribution is 5.63. The molecule has 1 fully saturated rings. The molecule has 176 valence electrons. The molecule has 0 amide bonds. The number of ether oxygens (including phenoxy) is 2. The molecule has 4 rings (SSSR count). The number of hydrogen-bond acceptors (Lipinski definition) is 7. The van der Waals surface area contributed by atoms with Crippen LogP contribution in [0.25, 0.3) is 6.08 Å². The summed E-state index contributed by atoms with van der Waals surface area (Å²) in [4.78, 5) is 4.70. The van der Waals surface area contributed by atoms with E-state index in [0.29, 0.717) is 29.5 Å². The second-order valence-corrected chi connectivity index (χ2v) is 8.45. The van der Waals surface area contributed by atoms with Crippen LogP contribution in [0.4, 0.5) is 17.3 Å². The third-order valence-electron chi connectivity index (χ3n) is 5.67. The summed E-state index contributed by atoms with van der Waals surface area (Å²) >= 11 is 0. The van der Waals surface area contributed by atoms with Crippen molar-refractivity contribution in [2.75, 3.05) is 23.8 Å². The topological polar surface area (TPSA) is 103 Å². The van der Waals surface area contributed by atoms with E-state index in [2.05, 4.69) is 16.7 Å². The predicted octanol–water partition coefficient (Wildman–Crippen LogP) is 6.23. The van der Waals surface area contributed by atoms with Crippen molar-refractivity contribution in [1.82, 2.24) is 4.98 Å². The Morgan fingerprint density at radius 2 is 1.83 bits per heavy atom. The maximum atomic E-state index is 9.05. The van der Waals surface area contributed by atoms with E-state index in [-0.39, 0.29) is 6.10 Å². The molecule has 0 aliphatic carbocycles. The van der Waals surface area contributed by atoms with E-state index in [1.807, 2.05) is 56.3 Å². The van der Waals surface area contributed by atoms with Crippen LogP contribution in [0.1, 0.15) is 35.1 Å². The van der Waals surface area contributed by atoms with Crippen molar-refractivity contribution in [2.24, 2.45) is 0 Å². The SMILES string of the molecule is Cc1cc(/C=C/C#N)cc(C)c1Oc1cc(NCC2CCCO2)nc(Nc2ccc(C#N)cc2)c1. The second-order valence-electron chi connectivity index (χ2n) is 8.45. The normalized spacial score (nSPS) is 14.9. The fraction of sp³-hybridized carbons (Fsp3) is 0.250. The lowest BCUT2D eigenvalue weighted by atomic mass is 10.1. The minimum Gasteiger partial charge on any atom is -0.457 e. The van der Waals surface area contributed by atoms with Crippen LogP contribution in [0.15, 0.2) is 54.6 Å². The lowest BCUT2D eigenvalue weighted by molar-refractivity contribution is 0.120. The molecule has 0 saturated carbocycles. The van der Waals surface area contributed by atoms with Crippen molar-refractivity contribution < 1.29 is 9.47 Å². The predicted molar refractivity (Wildman–Crippen MR) is 137 cm³/mol. The average molecular weight is 466 g/mol. The Morgan fingerprint density at radius 3 is 2.49 bits per heavy atom. The van der Waals surface area contributed by atoms with Gasteiger partial charge in [0, 0.05) is 37.0 Å². The molecule has 1 unspecified atom stereocenters. The van der Waals surface area contributed by atoms with Crippen molar-refractivity contribution in [2.45, 2.75) is 32.8 Å². The Morgan fingerprint density at radius 1 is 1.09 bits per heavy atom. The van der Waals surface area contributed by atoms with Crippen LogP contribution >= 0.6 is 0 Å². The van der Waals surface area contributed by atoms with Crippen molar-refractivity contribution in [3.63, 3.8) is 0 Å². The van der Waals surface area contributed by atoms with E-state index in [9.17, 15) is 0 Å². The first-order valence-corrected chi connectivity index (χ1v) is 11.5. The molecule has 1 aromatic heterocycles. The van der Waals surface area contributed by atoms with Crippen LogP contribution in [0, 0.1) is 36.5 Å². The van der Waals surface area contributed by atoms with Crippen molar-refractivity contribution in [3.05, 3.63) is 76.9 Å². The molecule has 3 aromatic rings. The van der Waals surface area contributed by atoms with Gasteiger partial charge in [-0.15, -0.1) is 0 Å². The summed E-state index contributed by atoms with van der Waals surface area (Å²) in [7, 11) is 0. The molecule has 0 bridgehead atoms. The highest BCUT2D eigenvalue weighted by atomic mass is 16.5. The van der Waals surface area contributed by atoms with E-state index in [1.165, 1.54) is 6.08 Å². The van der Waals surface area contributed by atoms with Gasteiger partial charge in [0.15, 0.2) is 0 Å². The Bertz CT molecular complexity index is 1270. The fourth-order valence-corrected chi connectivity index (χ4v) is 4.01. The molecule has 35 heavy (non-hydrogen) atoms. The van der Waals surface area contributed by atoms with E-state index in [0.717, 1.165) is 47.6 Å². The highest BCUT2D eigenvalue weighted by Crippen LogP contribution is 2.33. The first-order chi connectivity index (χ1) is 17.0. The number of nitrogens with one attached hydrogen (secondary N) is 2. The number of anilines is 3. The molecule has 1 aliphatic rings. The minimum atomic E-state index is 0.176. The van der Waals surface area contributed by atoms with Gasteiger partial charge >= 0.3 is 0 Å². The van der Waals surface area contributed by atoms with Gasteiger partial charge in [-0.3, -0.25) is 0 Å².